The number of piperidine rings is 1. The van der Waals surface area contributed by atoms with Crippen LogP contribution in [0.4, 0.5) is 4.79 Å². The number of nitrogens with zero attached hydrogens (tertiary/aromatic N) is 1. The molecule has 1 aliphatic heterocycles. The number of hydrogen-bond donors (Lipinski definition) is 2. The standard InChI is InChI=1S/C13H22N2O5/c1-2-20-13(19)14-11(16)9-15-8-4-3-5-10(15)6-7-12(17)18/h10H,2-9H2,1H3,(H,17,18)(H,14,16,19). The van der Waals surface area contributed by atoms with Crippen LogP contribution in [-0.4, -0.2) is 53.7 Å². The lowest BCUT2D eigenvalue weighted by molar-refractivity contribution is -0.137. The maximum Gasteiger partial charge on any atom is 0.413 e. The highest BCUT2D eigenvalue weighted by Crippen LogP contribution is 2.20. The third-order valence-electron chi connectivity index (χ3n) is 3.30. The topological polar surface area (TPSA) is 95.9 Å². The van der Waals surface area contributed by atoms with Crippen LogP contribution >= 0.6 is 0 Å². The first-order valence-corrected chi connectivity index (χ1v) is 6.95. The lowest BCUT2D eigenvalue weighted by Crippen LogP contribution is -2.46. The molecule has 20 heavy (non-hydrogen) atoms. The van der Waals surface area contributed by atoms with Crippen LogP contribution < -0.4 is 5.32 Å². The van der Waals surface area contributed by atoms with Gasteiger partial charge < -0.3 is 9.84 Å². The fourth-order valence-corrected chi connectivity index (χ4v) is 2.39. The largest absolute Gasteiger partial charge is 0.481 e. The molecule has 7 nitrogen and oxygen atoms in total. The van der Waals surface area contributed by atoms with Gasteiger partial charge in [-0.15, -0.1) is 0 Å². The molecule has 1 heterocycles. The first-order chi connectivity index (χ1) is 9.52. The van der Waals surface area contributed by atoms with E-state index >= 15 is 0 Å². The van der Waals surface area contributed by atoms with Crippen molar-refractivity contribution in [2.75, 3.05) is 19.7 Å². The molecule has 1 atom stereocenters. The number of alkyl carbamates (subject to hydrolysis) is 1. The Morgan fingerprint density at radius 3 is 2.75 bits per heavy atom. The van der Waals surface area contributed by atoms with Crippen molar-refractivity contribution < 1.29 is 24.2 Å². The molecule has 1 aliphatic rings. The summed E-state index contributed by atoms with van der Waals surface area (Å²) in [5, 5.41) is 10.9. The van der Waals surface area contributed by atoms with Gasteiger partial charge in [0, 0.05) is 12.5 Å². The van der Waals surface area contributed by atoms with Gasteiger partial charge in [-0.2, -0.15) is 0 Å². The molecule has 114 valence electrons. The Morgan fingerprint density at radius 2 is 2.10 bits per heavy atom. The number of amides is 2. The summed E-state index contributed by atoms with van der Waals surface area (Å²) in [6.07, 6.45) is 2.80. The van der Waals surface area contributed by atoms with E-state index in [4.69, 9.17) is 5.11 Å². The van der Waals surface area contributed by atoms with E-state index < -0.39 is 18.0 Å². The molecule has 0 aromatic rings. The van der Waals surface area contributed by atoms with Crippen molar-refractivity contribution in [2.45, 2.75) is 45.1 Å². The van der Waals surface area contributed by atoms with Gasteiger partial charge in [0.15, 0.2) is 0 Å². The van der Waals surface area contributed by atoms with Gasteiger partial charge in [0.25, 0.3) is 0 Å². The first-order valence-electron chi connectivity index (χ1n) is 6.95. The van der Waals surface area contributed by atoms with E-state index in [2.05, 4.69) is 10.1 Å². The summed E-state index contributed by atoms with van der Waals surface area (Å²) in [5.41, 5.74) is 0. The lowest BCUT2D eigenvalue weighted by Gasteiger charge is -2.34. The van der Waals surface area contributed by atoms with E-state index in [1.807, 2.05) is 4.90 Å². The molecule has 2 amide bonds. The average molecular weight is 286 g/mol. The molecule has 2 N–H and O–H groups in total. The number of likely N-dealkylation sites (tertiary alicyclic amines) is 1. The smallest absolute Gasteiger partial charge is 0.413 e. The number of carboxylic acid groups (broad SMARTS) is 1. The Bertz CT molecular complexity index is 359. The molecule has 1 rings (SSSR count). The van der Waals surface area contributed by atoms with Gasteiger partial charge in [-0.25, -0.2) is 4.79 Å². The van der Waals surface area contributed by atoms with E-state index in [0.29, 0.717) is 6.42 Å². The van der Waals surface area contributed by atoms with Crippen LogP contribution in [0.2, 0.25) is 0 Å². The third-order valence-corrected chi connectivity index (χ3v) is 3.30. The molecule has 1 saturated heterocycles. The zero-order valence-electron chi connectivity index (χ0n) is 11.8. The summed E-state index contributed by atoms with van der Waals surface area (Å²) in [6, 6.07) is 0.0906. The van der Waals surface area contributed by atoms with E-state index in [1.165, 1.54) is 0 Å². The number of hydrogen-bond acceptors (Lipinski definition) is 5. The minimum absolute atomic E-state index is 0.0906. The fraction of sp³-hybridized carbons (Fsp3) is 0.769. The molecule has 1 fully saturated rings. The second-order valence-electron chi connectivity index (χ2n) is 4.82. The maximum atomic E-state index is 11.7. The van der Waals surface area contributed by atoms with Crippen LogP contribution in [0.3, 0.4) is 0 Å². The molecule has 0 saturated carbocycles. The van der Waals surface area contributed by atoms with Crippen molar-refractivity contribution in [1.82, 2.24) is 10.2 Å². The SMILES string of the molecule is CCOC(=O)NC(=O)CN1CCCCC1CCC(=O)O. The molecule has 7 heteroatoms. The zero-order valence-corrected chi connectivity index (χ0v) is 11.8. The van der Waals surface area contributed by atoms with E-state index in [9.17, 15) is 14.4 Å². The second-order valence-corrected chi connectivity index (χ2v) is 4.82. The minimum Gasteiger partial charge on any atom is -0.481 e. The monoisotopic (exact) mass is 286 g/mol. The van der Waals surface area contributed by atoms with Crippen molar-refractivity contribution in [2.24, 2.45) is 0 Å². The van der Waals surface area contributed by atoms with Gasteiger partial charge in [-0.1, -0.05) is 6.42 Å². The molecule has 0 bridgehead atoms. The number of carbonyl (C=O) groups excluding carboxylic acids is 2. The van der Waals surface area contributed by atoms with Gasteiger partial charge in [0.05, 0.1) is 13.2 Å². The van der Waals surface area contributed by atoms with E-state index in [1.54, 1.807) is 6.92 Å². The summed E-state index contributed by atoms with van der Waals surface area (Å²) >= 11 is 0. The average Bonchev–Trinajstić information content (AvgIpc) is 2.37. The van der Waals surface area contributed by atoms with Crippen LogP contribution in [0.1, 0.15) is 39.0 Å². The maximum absolute atomic E-state index is 11.7. The number of imide groups is 1. The van der Waals surface area contributed by atoms with Crippen molar-refractivity contribution >= 4 is 18.0 Å². The Kier molecular flexibility index (Phi) is 7.00. The van der Waals surface area contributed by atoms with Crippen LogP contribution in [-0.2, 0) is 14.3 Å². The van der Waals surface area contributed by atoms with Crippen molar-refractivity contribution in [1.29, 1.82) is 0 Å². The number of ether oxygens (including phenoxy) is 1. The van der Waals surface area contributed by atoms with Gasteiger partial charge in [0.1, 0.15) is 0 Å². The van der Waals surface area contributed by atoms with Crippen LogP contribution in [0.15, 0.2) is 0 Å². The molecule has 1 unspecified atom stereocenters. The number of aliphatic carboxylic acids is 1. The fourth-order valence-electron chi connectivity index (χ4n) is 2.39. The first kappa shape index (κ1) is 16.4. The predicted octanol–water partition coefficient (Wildman–Crippen LogP) is 0.978. The quantitative estimate of drug-likeness (QED) is 0.755. The molecule has 0 aliphatic carbocycles. The van der Waals surface area contributed by atoms with Crippen LogP contribution in [0, 0.1) is 0 Å². The van der Waals surface area contributed by atoms with Gasteiger partial charge in [-0.05, 0) is 32.7 Å². The summed E-state index contributed by atoms with van der Waals surface area (Å²) in [5.74, 6) is -1.24. The molecule has 0 radical (unpaired) electrons. The Hall–Kier alpha value is -1.63. The molecule has 0 aromatic heterocycles. The van der Waals surface area contributed by atoms with Crippen LogP contribution in [0.5, 0.6) is 0 Å². The molecular weight excluding hydrogens is 264 g/mol. The third kappa shape index (κ3) is 6.01. The van der Waals surface area contributed by atoms with E-state index in [-0.39, 0.29) is 25.6 Å². The van der Waals surface area contributed by atoms with E-state index in [0.717, 1.165) is 25.8 Å². The molecule has 0 spiro atoms. The van der Waals surface area contributed by atoms with Crippen molar-refractivity contribution in [3.05, 3.63) is 0 Å². The van der Waals surface area contributed by atoms with Crippen molar-refractivity contribution in [3.63, 3.8) is 0 Å². The normalized spacial score (nSPS) is 19.4. The Labute approximate surface area is 118 Å². The summed E-state index contributed by atoms with van der Waals surface area (Å²) in [6.45, 7) is 2.73. The van der Waals surface area contributed by atoms with Crippen LogP contribution in [0.25, 0.3) is 0 Å². The second kappa shape index (κ2) is 8.52. The molecule has 0 aromatic carbocycles. The number of nitrogens with one attached hydrogen (secondary N) is 1. The predicted molar refractivity (Wildman–Crippen MR) is 71.2 cm³/mol. The minimum atomic E-state index is -0.827. The number of carbonyl (C=O) groups is 3. The lowest BCUT2D eigenvalue weighted by atomic mass is 9.98. The Morgan fingerprint density at radius 1 is 1.35 bits per heavy atom. The van der Waals surface area contributed by atoms with Gasteiger partial charge in [0.2, 0.25) is 5.91 Å². The number of rotatable bonds is 6. The summed E-state index contributed by atoms with van der Waals surface area (Å²) in [7, 11) is 0. The zero-order chi connectivity index (χ0) is 15.0. The Balaban J connectivity index is 2.43. The molecular formula is C13H22N2O5. The van der Waals surface area contributed by atoms with Gasteiger partial charge >= 0.3 is 12.1 Å². The summed E-state index contributed by atoms with van der Waals surface area (Å²) in [4.78, 5) is 35.4. The summed E-state index contributed by atoms with van der Waals surface area (Å²) < 4.78 is 4.64. The number of carboxylic acids is 1. The van der Waals surface area contributed by atoms with Crippen molar-refractivity contribution in [3.8, 4) is 0 Å². The highest BCUT2D eigenvalue weighted by molar-refractivity contribution is 5.92. The highest BCUT2D eigenvalue weighted by Gasteiger charge is 2.25. The van der Waals surface area contributed by atoms with Gasteiger partial charge in [-0.3, -0.25) is 19.8 Å². The highest BCUT2D eigenvalue weighted by atomic mass is 16.5.